The molecule has 1 saturated heterocycles. The molecule has 82 valence electrons. The number of carbonyl (C=O) groups is 2. The number of nitrogens with zero attached hydrogens (tertiary/aromatic N) is 2. The number of hydrogen-bond acceptors (Lipinski definition) is 2. The van der Waals surface area contributed by atoms with Gasteiger partial charge in [0.25, 0.3) is 0 Å². The third kappa shape index (κ3) is 4.76. The first-order valence-electron chi connectivity index (χ1n) is 4.23. The Balaban J connectivity index is 0.000000791. The van der Waals surface area contributed by atoms with E-state index in [2.05, 4.69) is 37.2 Å². The molecule has 0 N–H and O–H groups in total. The molecule has 1 rings (SSSR count). The molecule has 0 unspecified atom stereocenters. The SMILES string of the molecule is CN1CCC(=O)N(C)CCC1=O.II. The highest BCUT2D eigenvalue weighted by atomic mass is 128. The summed E-state index contributed by atoms with van der Waals surface area (Å²) in [5.41, 5.74) is 0. The molecule has 2 amide bonds. The van der Waals surface area contributed by atoms with Crippen LogP contribution < -0.4 is 0 Å². The maximum Gasteiger partial charge on any atom is 0.224 e. The first-order valence-corrected chi connectivity index (χ1v) is 10.5. The Morgan fingerprint density at radius 2 is 1.21 bits per heavy atom. The third-order valence-electron chi connectivity index (χ3n) is 2.17. The van der Waals surface area contributed by atoms with Crippen LogP contribution in [0, 0.1) is 0 Å². The molecule has 0 aromatic rings. The van der Waals surface area contributed by atoms with Crippen LogP contribution in [0.1, 0.15) is 12.8 Å². The topological polar surface area (TPSA) is 40.6 Å². The van der Waals surface area contributed by atoms with Crippen molar-refractivity contribution in [1.29, 1.82) is 0 Å². The lowest BCUT2D eigenvalue weighted by molar-refractivity contribution is -0.136. The fourth-order valence-electron chi connectivity index (χ4n) is 1.16. The standard InChI is InChI=1S/C8H14N2O2.I2/c1-9-5-3-8(12)10(2)6-4-7(9)11;1-2/h3-6H2,1-2H3;. The molecule has 1 aliphatic heterocycles. The van der Waals surface area contributed by atoms with Gasteiger partial charge in [0.05, 0.1) is 0 Å². The van der Waals surface area contributed by atoms with E-state index in [1.165, 1.54) is 0 Å². The summed E-state index contributed by atoms with van der Waals surface area (Å²) in [6, 6.07) is 0. The van der Waals surface area contributed by atoms with Gasteiger partial charge >= 0.3 is 0 Å². The average Bonchev–Trinajstić information content (AvgIpc) is 2.23. The summed E-state index contributed by atoms with van der Waals surface area (Å²) >= 11 is 4.24. The Kier molecular flexibility index (Phi) is 7.88. The summed E-state index contributed by atoms with van der Waals surface area (Å²) < 4.78 is 0. The van der Waals surface area contributed by atoms with Gasteiger partial charge < -0.3 is 9.80 Å². The number of hydrogen-bond donors (Lipinski definition) is 0. The summed E-state index contributed by atoms with van der Waals surface area (Å²) in [7, 11) is 3.47. The van der Waals surface area contributed by atoms with Gasteiger partial charge in [-0.25, -0.2) is 0 Å². The van der Waals surface area contributed by atoms with E-state index in [9.17, 15) is 9.59 Å². The molecule has 1 heterocycles. The first-order chi connectivity index (χ1) is 6.61. The van der Waals surface area contributed by atoms with Crippen LogP contribution in [-0.4, -0.2) is 48.8 Å². The van der Waals surface area contributed by atoms with Crippen molar-refractivity contribution in [2.45, 2.75) is 12.8 Å². The van der Waals surface area contributed by atoms with E-state index in [4.69, 9.17) is 0 Å². The number of carbonyl (C=O) groups excluding carboxylic acids is 2. The summed E-state index contributed by atoms with van der Waals surface area (Å²) in [5, 5.41) is 0. The molecule has 0 radical (unpaired) electrons. The highest BCUT2D eigenvalue weighted by molar-refractivity contribution is 15.0. The van der Waals surface area contributed by atoms with Crippen molar-refractivity contribution < 1.29 is 9.59 Å². The van der Waals surface area contributed by atoms with Gasteiger partial charge in [-0.15, -0.1) is 0 Å². The average molecular weight is 424 g/mol. The largest absolute Gasteiger partial charge is 0.345 e. The van der Waals surface area contributed by atoms with Crippen LogP contribution in [0.5, 0.6) is 0 Å². The van der Waals surface area contributed by atoms with Crippen LogP contribution >= 0.6 is 37.2 Å². The fraction of sp³-hybridized carbons (Fsp3) is 0.750. The second kappa shape index (κ2) is 7.66. The zero-order chi connectivity index (χ0) is 11.1. The Labute approximate surface area is 108 Å². The van der Waals surface area contributed by atoms with Crippen molar-refractivity contribution >= 4 is 49.0 Å². The molecular weight excluding hydrogens is 410 g/mol. The van der Waals surface area contributed by atoms with Crippen molar-refractivity contribution in [3.8, 4) is 0 Å². The van der Waals surface area contributed by atoms with Gasteiger partial charge in [0.2, 0.25) is 11.8 Å². The second-order valence-corrected chi connectivity index (χ2v) is 3.13. The Bertz CT molecular complexity index is 190. The minimum absolute atomic E-state index is 0.120. The predicted octanol–water partition coefficient (Wildman–Crippen LogP) is 1.47. The van der Waals surface area contributed by atoms with Crippen LogP contribution in [0.2, 0.25) is 0 Å². The third-order valence-corrected chi connectivity index (χ3v) is 2.17. The maximum absolute atomic E-state index is 11.2. The van der Waals surface area contributed by atoms with Crippen LogP contribution in [0.25, 0.3) is 0 Å². The van der Waals surface area contributed by atoms with E-state index in [0.29, 0.717) is 25.9 Å². The van der Waals surface area contributed by atoms with Gasteiger partial charge in [0.15, 0.2) is 0 Å². The lowest BCUT2D eigenvalue weighted by atomic mass is 10.2. The van der Waals surface area contributed by atoms with Gasteiger partial charge in [-0.2, -0.15) is 0 Å². The van der Waals surface area contributed by atoms with Gasteiger partial charge in [-0.3, -0.25) is 9.59 Å². The highest BCUT2D eigenvalue weighted by Gasteiger charge is 2.17. The zero-order valence-corrected chi connectivity index (χ0v) is 12.6. The van der Waals surface area contributed by atoms with E-state index < -0.39 is 0 Å². The second-order valence-electron chi connectivity index (χ2n) is 3.13. The van der Waals surface area contributed by atoms with E-state index in [0.717, 1.165) is 0 Å². The molecule has 1 aliphatic rings. The molecule has 0 saturated carbocycles. The van der Waals surface area contributed by atoms with Crippen LogP contribution in [0.3, 0.4) is 0 Å². The normalized spacial score (nSPS) is 18.3. The molecule has 0 spiro atoms. The number of halogens is 2. The minimum atomic E-state index is 0.120. The van der Waals surface area contributed by atoms with Crippen molar-refractivity contribution in [2.24, 2.45) is 0 Å². The minimum Gasteiger partial charge on any atom is -0.345 e. The predicted molar refractivity (Wildman–Crippen MR) is 72.5 cm³/mol. The Morgan fingerprint density at radius 1 is 0.929 bits per heavy atom. The molecule has 4 nitrogen and oxygen atoms in total. The molecule has 0 atom stereocenters. The Hall–Kier alpha value is 0.400. The van der Waals surface area contributed by atoms with E-state index in [-0.39, 0.29) is 11.8 Å². The quantitative estimate of drug-likeness (QED) is 0.553. The van der Waals surface area contributed by atoms with E-state index in [1.54, 1.807) is 23.9 Å². The van der Waals surface area contributed by atoms with Gasteiger partial charge in [-0.1, -0.05) is 0 Å². The van der Waals surface area contributed by atoms with E-state index >= 15 is 0 Å². The lowest BCUT2D eigenvalue weighted by Gasteiger charge is -2.24. The van der Waals surface area contributed by atoms with Gasteiger partial charge in [-0.05, 0) is 0 Å². The number of amides is 2. The molecular formula is C8H14I2N2O2. The molecule has 0 aromatic carbocycles. The Morgan fingerprint density at radius 3 is 1.50 bits per heavy atom. The van der Waals surface area contributed by atoms with Crippen molar-refractivity contribution in [2.75, 3.05) is 27.2 Å². The monoisotopic (exact) mass is 424 g/mol. The molecule has 14 heavy (non-hydrogen) atoms. The van der Waals surface area contributed by atoms with Crippen molar-refractivity contribution in [3.63, 3.8) is 0 Å². The molecule has 6 heteroatoms. The maximum atomic E-state index is 11.2. The zero-order valence-electron chi connectivity index (χ0n) is 8.30. The highest BCUT2D eigenvalue weighted by Crippen LogP contribution is 2.02. The van der Waals surface area contributed by atoms with Gasteiger partial charge in [0.1, 0.15) is 0 Å². The smallest absolute Gasteiger partial charge is 0.224 e. The van der Waals surface area contributed by atoms with Gasteiger partial charge in [0, 0.05) is 77.3 Å². The molecule has 0 bridgehead atoms. The van der Waals surface area contributed by atoms with Crippen molar-refractivity contribution in [1.82, 2.24) is 9.80 Å². The number of rotatable bonds is 0. The van der Waals surface area contributed by atoms with Crippen LogP contribution in [-0.2, 0) is 9.59 Å². The molecule has 0 aromatic heterocycles. The lowest BCUT2D eigenvalue weighted by Crippen LogP contribution is -2.39. The molecule has 0 aliphatic carbocycles. The fourth-order valence-corrected chi connectivity index (χ4v) is 1.16. The summed E-state index contributed by atoms with van der Waals surface area (Å²) in [6.45, 7) is 1.09. The van der Waals surface area contributed by atoms with Crippen LogP contribution in [0.15, 0.2) is 0 Å². The first kappa shape index (κ1) is 14.4. The summed E-state index contributed by atoms with van der Waals surface area (Å²) in [5.74, 6) is 0.240. The summed E-state index contributed by atoms with van der Waals surface area (Å²) in [4.78, 5) is 25.6. The van der Waals surface area contributed by atoms with Crippen LogP contribution in [0.4, 0.5) is 0 Å². The van der Waals surface area contributed by atoms with Crippen molar-refractivity contribution in [3.05, 3.63) is 0 Å². The summed E-state index contributed by atoms with van der Waals surface area (Å²) in [6.07, 6.45) is 0.886. The van der Waals surface area contributed by atoms with E-state index in [1.807, 2.05) is 0 Å². The molecule has 1 fully saturated rings.